The molecule has 5 rings (SSSR count). The maximum absolute atomic E-state index is 13.2. The zero-order chi connectivity index (χ0) is 23.7. The van der Waals surface area contributed by atoms with Gasteiger partial charge in [0.05, 0.1) is 17.5 Å². The van der Waals surface area contributed by atoms with Crippen molar-refractivity contribution < 1.29 is 17.6 Å². The summed E-state index contributed by atoms with van der Waals surface area (Å²) in [7, 11) is -3.71. The van der Waals surface area contributed by atoms with Gasteiger partial charge in [-0.1, -0.05) is 30.3 Å². The van der Waals surface area contributed by atoms with Gasteiger partial charge >= 0.3 is 0 Å². The van der Waals surface area contributed by atoms with Gasteiger partial charge in [-0.3, -0.25) is 9.69 Å². The Labute approximate surface area is 199 Å². The highest BCUT2D eigenvalue weighted by molar-refractivity contribution is 7.89. The molecular formula is C25H27FN4O3S. The second-order valence-corrected chi connectivity index (χ2v) is 10.6. The van der Waals surface area contributed by atoms with Gasteiger partial charge in [-0.15, -0.1) is 0 Å². The quantitative estimate of drug-likeness (QED) is 0.561. The van der Waals surface area contributed by atoms with Crippen LogP contribution in [0.1, 0.15) is 17.3 Å². The summed E-state index contributed by atoms with van der Waals surface area (Å²) in [6.45, 7) is 2.95. The molecule has 2 aromatic carbocycles. The van der Waals surface area contributed by atoms with Gasteiger partial charge in [0, 0.05) is 51.2 Å². The topological polar surface area (TPSA) is 65.9 Å². The molecule has 3 aromatic rings. The minimum Gasteiger partial charge on any atom is -0.348 e. The summed E-state index contributed by atoms with van der Waals surface area (Å²) in [5, 5.41) is 0. The Morgan fingerprint density at radius 1 is 0.853 bits per heavy atom. The van der Waals surface area contributed by atoms with E-state index in [0.717, 1.165) is 30.8 Å². The van der Waals surface area contributed by atoms with Crippen LogP contribution in [0.5, 0.6) is 0 Å². The molecule has 178 valence electrons. The molecular weight excluding hydrogens is 455 g/mol. The number of aromatic nitrogens is 1. The Morgan fingerprint density at radius 3 is 2.26 bits per heavy atom. The first-order valence-electron chi connectivity index (χ1n) is 11.4. The van der Waals surface area contributed by atoms with Gasteiger partial charge in [0.25, 0.3) is 0 Å². The van der Waals surface area contributed by atoms with E-state index in [2.05, 4.69) is 33.9 Å². The molecule has 0 bridgehead atoms. The first-order chi connectivity index (χ1) is 16.4. The molecule has 0 aliphatic carbocycles. The third-order valence-corrected chi connectivity index (χ3v) is 8.55. The predicted molar refractivity (Wildman–Crippen MR) is 126 cm³/mol. The van der Waals surface area contributed by atoms with Gasteiger partial charge in [0.2, 0.25) is 15.9 Å². The molecule has 2 aliphatic heterocycles. The first-order valence-corrected chi connectivity index (χ1v) is 12.8. The van der Waals surface area contributed by atoms with Crippen molar-refractivity contribution in [1.29, 1.82) is 0 Å². The average molecular weight is 483 g/mol. The largest absolute Gasteiger partial charge is 0.348 e. The fraction of sp³-hybridized carbons (Fsp3) is 0.320. The van der Waals surface area contributed by atoms with Gasteiger partial charge in [0.15, 0.2) is 0 Å². The second-order valence-electron chi connectivity index (χ2n) is 8.65. The Morgan fingerprint density at radius 2 is 1.56 bits per heavy atom. The van der Waals surface area contributed by atoms with Gasteiger partial charge in [-0.05, 0) is 42.0 Å². The third-order valence-electron chi connectivity index (χ3n) is 6.63. The Bertz CT molecular complexity index is 1250. The van der Waals surface area contributed by atoms with Crippen LogP contribution in [0.15, 0.2) is 77.8 Å². The molecule has 0 saturated carbocycles. The number of hydrogen-bond acceptors (Lipinski definition) is 4. The number of benzene rings is 2. The summed E-state index contributed by atoms with van der Waals surface area (Å²) in [4.78, 5) is 17.2. The molecule has 1 atom stereocenters. The zero-order valence-electron chi connectivity index (χ0n) is 18.8. The number of nitrogens with zero attached hydrogens (tertiary/aromatic N) is 4. The van der Waals surface area contributed by atoms with Crippen LogP contribution >= 0.6 is 0 Å². The standard InChI is InChI=1S/C25H27FN4O3S/c26-21-8-10-22(11-9-21)34(32,33)30-17-15-28(16-18-30)24(31)19-29-14-13-27-12-4-7-23(27)25(29)20-5-2-1-3-6-20/h1-12,25H,13-19H2. The van der Waals surface area contributed by atoms with Gasteiger partial charge in [-0.2, -0.15) is 4.31 Å². The normalized spacial score (nSPS) is 19.7. The van der Waals surface area contributed by atoms with Crippen molar-refractivity contribution in [2.24, 2.45) is 0 Å². The summed E-state index contributed by atoms with van der Waals surface area (Å²) >= 11 is 0. The lowest BCUT2D eigenvalue weighted by Crippen LogP contribution is -2.53. The highest BCUT2D eigenvalue weighted by Crippen LogP contribution is 2.32. The van der Waals surface area contributed by atoms with E-state index in [4.69, 9.17) is 0 Å². The van der Waals surface area contributed by atoms with E-state index in [-0.39, 0.29) is 36.5 Å². The van der Waals surface area contributed by atoms with E-state index >= 15 is 0 Å². The molecule has 1 saturated heterocycles. The molecule has 1 amide bonds. The monoisotopic (exact) mass is 482 g/mol. The number of halogens is 1. The summed E-state index contributed by atoms with van der Waals surface area (Å²) < 4.78 is 42.5. The summed E-state index contributed by atoms with van der Waals surface area (Å²) in [6, 6.07) is 19.2. The molecule has 0 spiro atoms. The van der Waals surface area contributed by atoms with Crippen molar-refractivity contribution >= 4 is 15.9 Å². The van der Waals surface area contributed by atoms with Gasteiger partial charge in [0.1, 0.15) is 5.82 Å². The molecule has 3 heterocycles. The number of carbonyl (C=O) groups is 1. The maximum atomic E-state index is 13.2. The molecule has 2 aliphatic rings. The number of sulfonamides is 1. The third kappa shape index (κ3) is 4.38. The molecule has 34 heavy (non-hydrogen) atoms. The number of rotatable bonds is 5. The lowest BCUT2D eigenvalue weighted by Gasteiger charge is -2.39. The predicted octanol–water partition coefficient (Wildman–Crippen LogP) is 2.57. The molecule has 1 aromatic heterocycles. The lowest BCUT2D eigenvalue weighted by molar-refractivity contribution is -0.134. The average Bonchev–Trinajstić information content (AvgIpc) is 3.34. The Kier molecular flexibility index (Phi) is 6.24. The van der Waals surface area contributed by atoms with Gasteiger partial charge in [-0.25, -0.2) is 12.8 Å². The van der Waals surface area contributed by atoms with Crippen LogP contribution in [-0.2, 0) is 21.4 Å². The van der Waals surface area contributed by atoms with E-state index < -0.39 is 15.8 Å². The van der Waals surface area contributed by atoms with Crippen molar-refractivity contribution in [3.05, 3.63) is 90.0 Å². The fourth-order valence-electron chi connectivity index (χ4n) is 4.83. The van der Waals surface area contributed by atoms with Crippen LogP contribution in [0.25, 0.3) is 0 Å². The molecule has 1 fully saturated rings. The van der Waals surface area contributed by atoms with Crippen LogP contribution in [0.3, 0.4) is 0 Å². The highest BCUT2D eigenvalue weighted by atomic mass is 32.2. The van der Waals surface area contributed by atoms with Crippen LogP contribution in [0.2, 0.25) is 0 Å². The Hall–Kier alpha value is -3.01. The van der Waals surface area contributed by atoms with E-state index in [1.54, 1.807) is 4.90 Å². The number of amides is 1. The smallest absolute Gasteiger partial charge is 0.243 e. The number of piperazine rings is 1. The van der Waals surface area contributed by atoms with Crippen LogP contribution < -0.4 is 0 Å². The van der Waals surface area contributed by atoms with Crippen molar-refractivity contribution in [2.75, 3.05) is 39.3 Å². The van der Waals surface area contributed by atoms with Crippen LogP contribution in [-0.4, -0.2) is 72.3 Å². The summed E-state index contributed by atoms with van der Waals surface area (Å²) in [5.74, 6) is -0.479. The SMILES string of the molecule is O=C(CN1CCn2cccc2C1c1ccccc1)N1CCN(S(=O)(=O)c2ccc(F)cc2)CC1. The van der Waals surface area contributed by atoms with E-state index in [1.165, 1.54) is 22.1 Å². The molecule has 0 N–H and O–H groups in total. The van der Waals surface area contributed by atoms with Crippen molar-refractivity contribution in [1.82, 2.24) is 18.7 Å². The van der Waals surface area contributed by atoms with Crippen LogP contribution in [0, 0.1) is 5.82 Å². The van der Waals surface area contributed by atoms with E-state index in [1.807, 2.05) is 24.3 Å². The summed E-state index contributed by atoms with van der Waals surface area (Å²) in [6.07, 6.45) is 2.07. The van der Waals surface area contributed by atoms with Crippen molar-refractivity contribution in [2.45, 2.75) is 17.5 Å². The number of carbonyl (C=O) groups excluding carboxylic acids is 1. The summed E-state index contributed by atoms with van der Waals surface area (Å²) in [5.41, 5.74) is 2.31. The number of hydrogen-bond donors (Lipinski definition) is 0. The van der Waals surface area contributed by atoms with Gasteiger partial charge < -0.3 is 9.47 Å². The minimum atomic E-state index is -3.71. The first kappa shape index (κ1) is 22.8. The van der Waals surface area contributed by atoms with E-state index in [0.29, 0.717) is 13.1 Å². The maximum Gasteiger partial charge on any atom is 0.243 e. The van der Waals surface area contributed by atoms with E-state index in [9.17, 15) is 17.6 Å². The van der Waals surface area contributed by atoms with Crippen molar-refractivity contribution in [3.8, 4) is 0 Å². The molecule has 0 radical (unpaired) electrons. The number of fused-ring (bicyclic) bond motifs is 1. The molecule has 9 heteroatoms. The molecule has 1 unspecified atom stereocenters. The molecule has 7 nitrogen and oxygen atoms in total. The van der Waals surface area contributed by atoms with Crippen LogP contribution in [0.4, 0.5) is 4.39 Å². The highest BCUT2D eigenvalue weighted by Gasteiger charge is 2.34. The second kappa shape index (κ2) is 9.32. The van der Waals surface area contributed by atoms with Crippen molar-refractivity contribution in [3.63, 3.8) is 0 Å². The zero-order valence-corrected chi connectivity index (χ0v) is 19.6. The lowest BCUT2D eigenvalue weighted by atomic mass is 10.00. The fourth-order valence-corrected chi connectivity index (χ4v) is 6.25. The minimum absolute atomic E-state index is 0.000215. The Balaban J connectivity index is 1.26.